The van der Waals surface area contributed by atoms with E-state index in [4.69, 9.17) is 0 Å². The quantitative estimate of drug-likeness (QED) is 0.859. The summed E-state index contributed by atoms with van der Waals surface area (Å²) in [5.41, 5.74) is 1.62. The zero-order chi connectivity index (χ0) is 12.2. The highest BCUT2D eigenvalue weighted by Gasteiger charge is 2.50. The molecule has 0 spiro atoms. The van der Waals surface area contributed by atoms with Gasteiger partial charge in [0.2, 0.25) is 0 Å². The van der Waals surface area contributed by atoms with Crippen LogP contribution in [0.4, 0.5) is 0 Å². The summed E-state index contributed by atoms with van der Waals surface area (Å²) in [5, 5.41) is 3.86. The SMILES string of the molecule is Cc1cnc(CNC23CC4CC(CC(C4)C2)C3)[nH]1. The third-order valence-electron chi connectivity index (χ3n) is 5.42. The molecule has 98 valence electrons. The van der Waals surface area contributed by atoms with E-state index < -0.39 is 0 Å². The fourth-order valence-electron chi connectivity index (χ4n) is 5.16. The van der Waals surface area contributed by atoms with Crippen LogP contribution in [-0.4, -0.2) is 15.5 Å². The van der Waals surface area contributed by atoms with E-state index in [2.05, 4.69) is 22.2 Å². The van der Waals surface area contributed by atoms with Crippen molar-refractivity contribution in [3.63, 3.8) is 0 Å². The molecule has 1 heterocycles. The van der Waals surface area contributed by atoms with Gasteiger partial charge in [0, 0.05) is 17.4 Å². The van der Waals surface area contributed by atoms with Gasteiger partial charge >= 0.3 is 0 Å². The topological polar surface area (TPSA) is 40.7 Å². The van der Waals surface area contributed by atoms with Gasteiger partial charge in [0.1, 0.15) is 5.82 Å². The van der Waals surface area contributed by atoms with Crippen molar-refractivity contribution >= 4 is 0 Å². The Kier molecular flexibility index (Phi) is 2.35. The van der Waals surface area contributed by atoms with E-state index in [0.717, 1.165) is 35.8 Å². The van der Waals surface area contributed by atoms with Gasteiger partial charge in [-0.05, 0) is 63.2 Å². The van der Waals surface area contributed by atoms with Crippen LogP contribution in [0.3, 0.4) is 0 Å². The van der Waals surface area contributed by atoms with Crippen molar-refractivity contribution in [2.75, 3.05) is 0 Å². The third kappa shape index (κ3) is 1.80. The van der Waals surface area contributed by atoms with E-state index >= 15 is 0 Å². The van der Waals surface area contributed by atoms with Crippen LogP contribution < -0.4 is 5.32 Å². The van der Waals surface area contributed by atoms with Crippen molar-refractivity contribution in [3.8, 4) is 0 Å². The monoisotopic (exact) mass is 245 g/mol. The van der Waals surface area contributed by atoms with Crippen molar-refractivity contribution in [2.45, 2.75) is 57.5 Å². The predicted molar refractivity (Wildman–Crippen MR) is 71.1 cm³/mol. The Labute approximate surface area is 109 Å². The average molecular weight is 245 g/mol. The number of aromatic nitrogens is 2. The summed E-state index contributed by atoms with van der Waals surface area (Å²) < 4.78 is 0. The summed E-state index contributed by atoms with van der Waals surface area (Å²) in [5.74, 6) is 4.15. The number of nitrogens with one attached hydrogen (secondary N) is 2. The Hall–Kier alpha value is -0.830. The number of imidazole rings is 1. The molecule has 3 heteroatoms. The van der Waals surface area contributed by atoms with Gasteiger partial charge in [0.05, 0.1) is 6.54 Å². The Morgan fingerprint density at radius 3 is 2.33 bits per heavy atom. The number of hydrogen-bond acceptors (Lipinski definition) is 2. The molecular weight excluding hydrogens is 222 g/mol. The van der Waals surface area contributed by atoms with Gasteiger partial charge in [-0.25, -0.2) is 4.98 Å². The summed E-state index contributed by atoms with van der Waals surface area (Å²) in [6, 6.07) is 0. The molecule has 2 N–H and O–H groups in total. The van der Waals surface area contributed by atoms with Gasteiger partial charge in [-0.1, -0.05) is 0 Å². The largest absolute Gasteiger partial charge is 0.345 e. The molecule has 0 saturated heterocycles. The highest BCUT2D eigenvalue weighted by molar-refractivity contribution is 5.07. The number of aromatic amines is 1. The molecule has 0 atom stereocenters. The van der Waals surface area contributed by atoms with Gasteiger partial charge in [0.15, 0.2) is 0 Å². The van der Waals surface area contributed by atoms with Crippen LogP contribution >= 0.6 is 0 Å². The van der Waals surface area contributed by atoms with E-state index in [1.54, 1.807) is 0 Å². The fourth-order valence-corrected chi connectivity index (χ4v) is 5.16. The van der Waals surface area contributed by atoms with Crippen molar-refractivity contribution in [2.24, 2.45) is 17.8 Å². The Bertz CT molecular complexity index is 413. The molecule has 0 aromatic carbocycles. The van der Waals surface area contributed by atoms with Crippen LogP contribution in [0.2, 0.25) is 0 Å². The van der Waals surface area contributed by atoms with Crippen LogP contribution in [0.25, 0.3) is 0 Å². The molecular formula is C15H23N3. The second-order valence-electron chi connectivity index (χ2n) is 7.06. The lowest BCUT2D eigenvalue weighted by Crippen LogP contribution is -2.58. The Balaban J connectivity index is 1.47. The second-order valence-corrected chi connectivity index (χ2v) is 7.06. The van der Waals surface area contributed by atoms with Gasteiger partial charge < -0.3 is 10.3 Å². The maximum atomic E-state index is 4.41. The van der Waals surface area contributed by atoms with Crippen LogP contribution in [-0.2, 0) is 6.54 Å². The normalized spacial score (nSPS) is 41.5. The van der Waals surface area contributed by atoms with Gasteiger partial charge in [-0.2, -0.15) is 0 Å². The van der Waals surface area contributed by atoms with Gasteiger partial charge in [-0.15, -0.1) is 0 Å². The number of rotatable bonds is 3. The molecule has 0 aliphatic heterocycles. The minimum absolute atomic E-state index is 0.454. The first-order valence-electron chi connectivity index (χ1n) is 7.46. The van der Waals surface area contributed by atoms with E-state index in [1.807, 2.05) is 6.20 Å². The van der Waals surface area contributed by atoms with E-state index in [-0.39, 0.29) is 0 Å². The molecule has 1 aromatic heterocycles. The zero-order valence-electron chi connectivity index (χ0n) is 11.2. The summed E-state index contributed by atoms with van der Waals surface area (Å²) >= 11 is 0. The first kappa shape index (κ1) is 11.0. The molecule has 4 fully saturated rings. The van der Waals surface area contributed by atoms with E-state index in [9.17, 15) is 0 Å². The highest BCUT2D eigenvalue weighted by Crippen LogP contribution is 2.55. The lowest BCUT2D eigenvalue weighted by Gasteiger charge is -2.57. The average Bonchev–Trinajstić information content (AvgIpc) is 2.71. The minimum Gasteiger partial charge on any atom is -0.345 e. The van der Waals surface area contributed by atoms with Gasteiger partial charge in [-0.3, -0.25) is 0 Å². The molecule has 0 amide bonds. The third-order valence-corrected chi connectivity index (χ3v) is 5.42. The van der Waals surface area contributed by atoms with Crippen LogP contribution in [0.5, 0.6) is 0 Å². The van der Waals surface area contributed by atoms with Crippen LogP contribution in [0.1, 0.15) is 50.0 Å². The summed E-state index contributed by atoms with van der Waals surface area (Å²) in [7, 11) is 0. The molecule has 3 nitrogen and oxygen atoms in total. The number of aryl methyl sites for hydroxylation is 1. The lowest BCUT2D eigenvalue weighted by atomic mass is 9.53. The summed E-state index contributed by atoms with van der Waals surface area (Å²) in [4.78, 5) is 7.75. The van der Waals surface area contributed by atoms with E-state index in [1.165, 1.54) is 38.5 Å². The van der Waals surface area contributed by atoms with Crippen molar-refractivity contribution in [1.82, 2.24) is 15.3 Å². The number of H-pyrrole nitrogens is 1. The zero-order valence-corrected chi connectivity index (χ0v) is 11.2. The molecule has 5 rings (SSSR count). The first-order chi connectivity index (χ1) is 8.71. The second kappa shape index (κ2) is 3.83. The number of hydrogen-bond donors (Lipinski definition) is 2. The maximum Gasteiger partial charge on any atom is 0.120 e. The summed E-state index contributed by atoms with van der Waals surface area (Å²) in [6.45, 7) is 2.99. The van der Waals surface area contributed by atoms with E-state index in [0.29, 0.717) is 5.54 Å². The van der Waals surface area contributed by atoms with Crippen LogP contribution in [0.15, 0.2) is 6.20 Å². The summed E-state index contributed by atoms with van der Waals surface area (Å²) in [6.07, 6.45) is 10.7. The Morgan fingerprint density at radius 2 is 1.83 bits per heavy atom. The number of nitrogens with zero attached hydrogens (tertiary/aromatic N) is 1. The van der Waals surface area contributed by atoms with Crippen molar-refractivity contribution in [1.29, 1.82) is 0 Å². The predicted octanol–water partition coefficient (Wildman–Crippen LogP) is 2.78. The molecule has 0 radical (unpaired) electrons. The smallest absolute Gasteiger partial charge is 0.120 e. The Morgan fingerprint density at radius 1 is 1.22 bits per heavy atom. The molecule has 4 saturated carbocycles. The fraction of sp³-hybridized carbons (Fsp3) is 0.800. The lowest BCUT2D eigenvalue weighted by molar-refractivity contribution is -0.0208. The standard InChI is InChI=1S/C15H23N3/c1-10-8-16-14(18-10)9-17-15-5-11-2-12(6-15)4-13(3-11)7-15/h8,11-13,17H,2-7,9H2,1H3,(H,16,18). The van der Waals surface area contributed by atoms with Crippen molar-refractivity contribution < 1.29 is 0 Å². The molecule has 4 aliphatic rings. The highest BCUT2D eigenvalue weighted by atomic mass is 15.0. The maximum absolute atomic E-state index is 4.41. The first-order valence-corrected chi connectivity index (χ1v) is 7.46. The molecule has 4 aliphatic carbocycles. The molecule has 4 bridgehead atoms. The van der Waals surface area contributed by atoms with Crippen molar-refractivity contribution in [3.05, 3.63) is 17.7 Å². The minimum atomic E-state index is 0.454. The molecule has 1 aromatic rings. The van der Waals surface area contributed by atoms with Gasteiger partial charge in [0.25, 0.3) is 0 Å². The van der Waals surface area contributed by atoms with Crippen LogP contribution in [0, 0.1) is 24.7 Å². The molecule has 18 heavy (non-hydrogen) atoms. The molecule has 0 unspecified atom stereocenters.